The fourth-order valence-electron chi connectivity index (χ4n) is 2.00. The summed E-state index contributed by atoms with van der Waals surface area (Å²) in [6, 6.07) is 0. The van der Waals surface area contributed by atoms with E-state index < -0.39 is 0 Å². The van der Waals surface area contributed by atoms with Gasteiger partial charge in [-0.15, -0.1) is 0 Å². The van der Waals surface area contributed by atoms with Gasteiger partial charge in [0.05, 0.1) is 0 Å². The molecule has 0 radical (unpaired) electrons. The average molecular weight is 242 g/mol. The minimum absolute atomic E-state index is 1.13. The summed E-state index contributed by atoms with van der Waals surface area (Å²) in [4.78, 5) is 0. The average Bonchev–Trinajstić information content (AvgIpc) is 2.35. The zero-order valence-corrected chi connectivity index (χ0v) is 12.4. The molecule has 0 amide bonds. The van der Waals surface area contributed by atoms with Crippen LogP contribution in [0, 0.1) is 0 Å². The standard InChI is InChI=1S/C15H34N2/c1-4-7-9-11-14-17(16-13-6-3)15-12-10-8-5-2/h16H,4-15H2,1-3H3. The largest absolute Gasteiger partial charge is 0.255 e. The van der Waals surface area contributed by atoms with Crippen LogP contribution in [-0.4, -0.2) is 24.6 Å². The lowest BCUT2D eigenvalue weighted by atomic mass is 10.2. The molecule has 0 aromatic heterocycles. The molecular weight excluding hydrogens is 208 g/mol. The van der Waals surface area contributed by atoms with E-state index in [2.05, 4.69) is 31.2 Å². The van der Waals surface area contributed by atoms with Crippen LogP contribution in [0.25, 0.3) is 0 Å². The molecule has 17 heavy (non-hydrogen) atoms. The summed E-state index contributed by atoms with van der Waals surface area (Å²) in [5.74, 6) is 0. The number of unbranched alkanes of at least 4 members (excludes halogenated alkanes) is 6. The highest BCUT2D eigenvalue weighted by Gasteiger charge is 2.02. The van der Waals surface area contributed by atoms with Gasteiger partial charge in [-0.3, -0.25) is 5.43 Å². The summed E-state index contributed by atoms with van der Waals surface area (Å²) in [7, 11) is 0. The number of nitrogens with one attached hydrogen (secondary N) is 1. The van der Waals surface area contributed by atoms with Gasteiger partial charge in [0.15, 0.2) is 0 Å². The monoisotopic (exact) mass is 242 g/mol. The van der Waals surface area contributed by atoms with Crippen molar-refractivity contribution in [1.82, 2.24) is 10.4 Å². The van der Waals surface area contributed by atoms with E-state index in [-0.39, 0.29) is 0 Å². The van der Waals surface area contributed by atoms with Gasteiger partial charge in [-0.05, 0) is 19.3 Å². The topological polar surface area (TPSA) is 15.3 Å². The third-order valence-electron chi connectivity index (χ3n) is 3.15. The molecule has 2 heteroatoms. The molecule has 104 valence electrons. The number of nitrogens with zero attached hydrogens (tertiary/aromatic N) is 1. The molecule has 0 aromatic rings. The summed E-state index contributed by atoms with van der Waals surface area (Å²) < 4.78 is 0. The summed E-state index contributed by atoms with van der Waals surface area (Å²) in [5.41, 5.74) is 3.56. The van der Waals surface area contributed by atoms with E-state index >= 15 is 0 Å². The van der Waals surface area contributed by atoms with Crippen molar-refractivity contribution in [2.45, 2.75) is 78.6 Å². The highest BCUT2D eigenvalue weighted by molar-refractivity contribution is 4.54. The number of hydrazine groups is 1. The minimum atomic E-state index is 1.13. The van der Waals surface area contributed by atoms with Gasteiger partial charge in [0.1, 0.15) is 0 Å². The van der Waals surface area contributed by atoms with Crippen molar-refractivity contribution in [2.75, 3.05) is 19.6 Å². The van der Waals surface area contributed by atoms with Gasteiger partial charge in [0.25, 0.3) is 0 Å². The van der Waals surface area contributed by atoms with E-state index in [1.54, 1.807) is 0 Å². The summed E-state index contributed by atoms with van der Waals surface area (Å²) in [5, 5.41) is 2.45. The molecule has 0 rings (SSSR count). The van der Waals surface area contributed by atoms with Crippen LogP contribution in [0.15, 0.2) is 0 Å². The molecule has 0 bridgehead atoms. The first kappa shape index (κ1) is 16.9. The number of rotatable bonds is 13. The molecule has 0 aromatic carbocycles. The predicted molar refractivity (Wildman–Crippen MR) is 78.2 cm³/mol. The second kappa shape index (κ2) is 14.0. The predicted octanol–water partition coefficient (Wildman–Crippen LogP) is 4.36. The van der Waals surface area contributed by atoms with Gasteiger partial charge in [0, 0.05) is 19.6 Å². The minimum Gasteiger partial charge on any atom is -0.255 e. The fraction of sp³-hybridized carbons (Fsp3) is 1.00. The van der Waals surface area contributed by atoms with Crippen molar-refractivity contribution in [3.8, 4) is 0 Å². The Hall–Kier alpha value is -0.0800. The fourth-order valence-corrected chi connectivity index (χ4v) is 2.00. The maximum Gasteiger partial charge on any atom is 0.0130 e. The van der Waals surface area contributed by atoms with Crippen LogP contribution in [-0.2, 0) is 0 Å². The Balaban J connectivity index is 3.56. The number of hydrogen-bond acceptors (Lipinski definition) is 2. The van der Waals surface area contributed by atoms with E-state index in [1.807, 2.05) is 0 Å². The normalized spacial score (nSPS) is 11.3. The van der Waals surface area contributed by atoms with E-state index in [0.29, 0.717) is 0 Å². The van der Waals surface area contributed by atoms with E-state index in [9.17, 15) is 0 Å². The van der Waals surface area contributed by atoms with Crippen LogP contribution >= 0.6 is 0 Å². The first-order chi connectivity index (χ1) is 8.35. The second-order valence-electron chi connectivity index (χ2n) is 5.02. The third-order valence-corrected chi connectivity index (χ3v) is 3.15. The van der Waals surface area contributed by atoms with Crippen LogP contribution in [0.1, 0.15) is 78.6 Å². The Labute approximate surface area is 109 Å². The quantitative estimate of drug-likeness (QED) is 0.381. The van der Waals surface area contributed by atoms with Crippen molar-refractivity contribution in [3.63, 3.8) is 0 Å². The Morgan fingerprint density at radius 2 is 1.18 bits per heavy atom. The summed E-state index contributed by atoms with van der Waals surface area (Å²) >= 11 is 0. The summed E-state index contributed by atoms with van der Waals surface area (Å²) in [6.07, 6.45) is 12.1. The molecule has 0 aliphatic carbocycles. The molecule has 0 aliphatic rings. The van der Waals surface area contributed by atoms with Crippen molar-refractivity contribution < 1.29 is 0 Å². The van der Waals surface area contributed by atoms with E-state index in [0.717, 1.165) is 6.54 Å². The Morgan fingerprint density at radius 1 is 0.647 bits per heavy atom. The lowest BCUT2D eigenvalue weighted by Crippen LogP contribution is -2.39. The van der Waals surface area contributed by atoms with Gasteiger partial charge < -0.3 is 0 Å². The lowest BCUT2D eigenvalue weighted by Gasteiger charge is -2.23. The molecule has 0 heterocycles. The van der Waals surface area contributed by atoms with Crippen LogP contribution in [0.2, 0.25) is 0 Å². The van der Waals surface area contributed by atoms with Gasteiger partial charge in [-0.2, -0.15) is 0 Å². The van der Waals surface area contributed by atoms with Gasteiger partial charge in [-0.25, -0.2) is 5.01 Å². The first-order valence-corrected chi connectivity index (χ1v) is 7.83. The molecule has 0 unspecified atom stereocenters. The lowest BCUT2D eigenvalue weighted by molar-refractivity contribution is 0.179. The molecule has 0 aliphatic heterocycles. The maximum atomic E-state index is 3.56. The highest BCUT2D eigenvalue weighted by atomic mass is 15.5. The zero-order chi connectivity index (χ0) is 12.8. The molecule has 0 saturated heterocycles. The molecule has 1 N–H and O–H groups in total. The van der Waals surface area contributed by atoms with Crippen LogP contribution < -0.4 is 5.43 Å². The number of hydrogen-bond donors (Lipinski definition) is 1. The molecular formula is C15H34N2. The molecule has 0 atom stereocenters. The summed E-state index contributed by atoms with van der Waals surface area (Å²) in [6.45, 7) is 10.4. The van der Waals surface area contributed by atoms with Gasteiger partial charge in [0.2, 0.25) is 0 Å². The molecule has 0 fully saturated rings. The van der Waals surface area contributed by atoms with E-state index in [4.69, 9.17) is 0 Å². The SMILES string of the molecule is CCCCCCN(CCCCCC)NCCC. The highest BCUT2D eigenvalue weighted by Crippen LogP contribution is 2.03. The first-order valence-electron chi connectivity index (χ1n) is 7.83. The van der Waals surface area contributed by atoms with E-state index in [1.165, 1.54) is 70.9 Å². The van der Waals surface area contributed by atoms with Gasteiger partial charge in [-0.1, -0.05) is 59.3 Å². The van der Waals surface area contributed by atoms with Crippen LogP contribution in [0.4, 0.5) is 0 Å². The smallest absolute Gasteiger partial charge is 0.0130 e. The van der Waals surface area contributed by atoms with Crippen molar-refractivity contribution >= 4 is 0 Å². The maximum absolute atomic E-state index is 3.56. The van der Waals surface area contributed by atoms with Crippen molar-refractivity contribution in [2.24, 2.45) is 0 Å². The van der Waals surface area contributed by atoms with Gasteiger partial charge >= 0.3 is 0 Å². The van der Waals surface area contributed by atoms with Crippen LogP contribution in [0.5, 0.6) is 0 Å². The Kier molecular flexibility index (Phi) is 13.9. The third kappa shape index (κ3) is 12.2. The zero-order valence-electron chi connectivity index (χ0n) is 12.4. The van der Waals surface area contributed by atoms with Crippen LogP contribution in [0.3, 0.4) is 0 Å². The van der Waals surface area contributed by atoms with Crippen molar-refractivity contribution in [3.05, 3.63) is 0 Å². The van der Waals surface area contributed by atoms with Crippen molar-refractivity contribution in [1.29, 1.82) is 0 Å². The molecule has 2 nitrogen and oxygen atoms in total. The molecule has 0 spiro atoms. The second-order valence-corrected chi connectivity index (χ2v) is 5.02. The Morgan fingerprint density at radius 3 is 1.59 bits per heavy atom. The molecule has 0 saturated carbocycles. The Bertz CT molecular complexity index is 125.